The number of nitrogens with zero attached hydrogens (tertiary/aromatic N) is 1. The second-order valence-electron chi connectivity index (χ2n) is 11.2. The molecule has 4 aliphatic carbocycles. The van der Waals surface area contributed by atoms with Crippen LogP contribution in [0.2, 0.25) is 0 Å². The lowest BCUT2D eigenvalue weighted by molar-refractivity contribution is -0.0425. The molecule has 2 N–H and O–H groups in total. The second kappa shape index (κ2) is 8.53. The van der Waals surface area contributed by atoms with Crippen LogP contribution in [0.3, 0.4) is 0 Å². The molecule has 1 amide bonds. The fraction of sp³-hybridized carbons (Fsp3) is 0.846. The summed E-state index contributed by atoms with van der Waals surface area (Å²) >= 11 is 0. The number of aliphatic hydroxyl groups excluding tert-OH is 1. The number of fused-ring (bicyclic) bond motifs is 5. The van der Waals surface area contributed by atoms with Gasteiger partial charge in [-0.25, -0.2) is 10.2 Å². The summed E-state index contributed by atoms with van der Waals surface area (Å²) in [6.07, 6.45) is 11.0. The number of rotatable bonds is 4. The Morgan fingerprint density at radius 3 is 2.74 bits per heavy atom. The molecule has 8 atom stereocenters. The van der Waals surface area contributed by atoms with Crippen molar-refractivity contribution in [1.82, 2.24) is 5.43 Å². The molecule has 5 nitrogen and oxygen atoms in total. The maximum absolute atomic E-state index is 11.8. The third kappa shape index (κ3) is 3.75. The highest BCUT2D eigenvalue weighted by molar-refractivity contribution is 5.86. The molecule has 0 bridgehead atoms. The van der Waals surface area contributed by atoms with Gasteiger partial charge in [0.15, 0.2) is 0 Å². The van der Waals surface area contributed by atoms with Gasteiger partial charge >= 0.3 is 6.09 Å². The molecule has 5 heteroatoms. The van der Waals surface area contributed by atoms with E-state index in [1.54, 1.807) is 0 Å². The number of nitrogens with one attached hydrogen (secondary N) is 1. The van der Waals surface area contributed by atoms with Crippen LogP contribution in [0.25, 0.3) is 0 Å². The van der Waals surface area contributed by atoms with Crippen LogP contribution in [0.5, 0.6) is 0 Å². The smallest absolute Gasteiger partial charge is 0.427 e. The molecular weight excluding hydrogens is 388 g/mol. The fourth-order valence-corrected chi connectivity index (χ4v) is 8.41. The zero-order valence-electron chi connectivity index (χ0n) is 20.1. The maximum atomic E-state index is 11.8. The minimum atomic E-state index is -0.462. The van der Waals surface area contributed by atoms with E-state index in [2.05, 4.69) is 44.3 Å². The van der Waals surface area contributed by atoms with Crippen LogP contribution in [-0.2, 0) is 4.74 Å². The number of hydrogen-bond acceptors (Lipinski definition) is 4. The molecule has 0 unspecified atom stereocenters. The number of hydrogen-bond donors (Lipinski definition) is 2. The Hall–Kier alpha value is -1.36. The largest absolute Gasteiger partial charge is 0.449 e. The van der Waals surface area contributed by atoms with Crippen LogP contribution in [0, 0.1) is 40.4 Å². The Labute approximate surface area is 188 Å². The third-order valence-corrected chi connectivity index (χ3v) is 9.83. The van der Waals surface area contributed by atoms with Crippen molar-refractivity contribution >= 4 is 11.8 Å². The zero-order valence-corrected chi connectivity index (χ0v) is 20.1. The number of allylic oxidation sites excluding steroid dienone is 1. The summed E-state index contributed by atoms with van der Waals surface area (Å²) in [5.74, 6) is 3.21. The number of amides is 1. The maximum Gasteiger partial charge on any atom is 0.427 e. The number of aliphatic hydroxyl groups is 1. The molecule has 0 radical (unpaired) electrons. The van der Waals surface area contributed by atoms with Crippen molar-refractivity contribution in [2.75, 3.05) is 6.61 Å². The molecular formula is C26H42N2O3. The van der Waals surface area contributed by atoms with Crippen molar-refractivity contribution in [1.29, 1.82) is 0 Å². The van der Waals surface area contributed by atoms with Crippen LogP contribution in [0.1, 0.15) is 86.0 Å². The van der Waals surface area contributed by atoms with Gasteiger partial charge in [-0.1, -0.05) is 38.8 Å². The molecule has 4 aliphatic rings. The number of ether oxygens (including phenoxy) is 1. The highest BCUT2D eigenvalue weighted by Crippen LogP contribution is 2.67. The standard InChI is InChI=1S/C26H42N2O3/c1-6-17-14-22-20-9-8-18-15-19(29)10-12-25(18,4)21(20)11-13-26(22,5)23(17)16(3)27-28-24(30)31-7-2/h8,17,19-23,29H,6-7,9-15H2,1-5H3,(H,28,30)/b27-16+/t17-,19+,20-,21+,22-,23+,25+,26+/m1/s1. The molecule has 0 aliphatic heterocycles. The van der Waals surface area contributed by atoms with Crippen LogP contribution in [0.15, 0.2) is 16.8 Å². The summed E-state index contributed by atoms with van der Waals surface area (Å²) in [4.78, 5) is 11.8. The van der Waals surface area contributed by atoms with Gasteiger partial charge in [-0.2, -0.15) is 5.10 Å². The summed E-state index contributed by atoms with van der Waals surface area (Å²) in [5.41, 5.74) is 5.72. The Kier molecular flexibility index (Phi) is 6.28. The number of hydrazone groups is 1. The van der Waals surface area contributed by atoms with Crippen LogP contribution >= 0.6 is 0 Å². The van der Waals surface area contributed by atoms with E-state index in [1.807, 2.05) is 6.92 Å². The van der Waals surface area contributed by atoms with Gasteiger partial charge in [0, 0.05) is 11.6 Å². The van der Waals surface area contributed by atoms with Gasteiger partial charge in [0.2, 0.25) is 0 Å². The summed E-state index contributed by atoms with van der Waals surface area (Å²) < 4.78 is 5.00. The lowest BCUT2D eigenvalue weighted by Gasteiger charge is -2.58. The molecule has 0 aromatic carbocycles. The molecule has 0 aromatic rings. The van der Waals surface area contributed by atoms with Gasteiger partial charge in [0.1, 0.15) is 0 Å². The van der Waals surface area contributed by atoms with E-state index < -0.39 is 6.09 Å². The lowest BCUT2D eigenvalue weighted by Crippen LogP contribution is -2.51. The van der Waals surface area contributed by atoms with E-state index in [4.69, 9.17) is 4.74 Å². The minimum Gasteiger partial charge on any atom is -0.449 e. The van der Waals surface area contributed by atoms with Gasteiger partial charge in [-0.15, -0.1) is 0 Å². The van der Waals surface area contributed by atoms with Crippen molar-refractivity contribution in [3.63, 3.8) is 0 Å². The first-order valence-electron chi connectivity index (χ1n) is 12.6. The SMILES string of the molecule is CCOC(=O)N/N=C(\C)[C@H]1[C@H](CC)C[C@@H]2[C@@H]3CC=C4C[C@@H](O)CC[C@]4(C)[C@H]3CC[C@@]21C. The van der Waals surface area contributed by atoms with Crippen molar-refractivity contribution in [2.24, 2.45) is 45.5 Å². The average Bonchev–Trinajstić information content (AvgIpc) is 3.05. The molecule has 3 saturated carbocycles. The molecule has 4 rings (SSSR count). The van der Waals surface area contributed by atoms with E-state index in [1.165, 1.54) is 31.3 Å². The summed E-state index contributed by atoms with van der Waals surface area (Å²) in [7, 11) is 0. The first kappa shape index (κ1) is 22.8. The first-order chi connectivity index (χ1) is 14.7. The lowest BCUT2D eigenvalue weighted by atomic mass is 9.47. The first-order valence-corrected chi connectivity index (χ1v) is 12.6. The Balaban J connectivity index is 1.60. The highest BCUT2D eigenvalue weighted by atomic mass is 16.5. The number of carbonyl (C=O) groups is 1. The van der Waals surface area contributed by atoms with Gasteiger partial charge in [0.25, 0.3) is 0 Å². The van der Waals surface area contributed by atoms with E-state index in [-0.39, 0.29) is 16.9 Å². The summed E-state index contributed by atoms with van der Waals surface area (Å²) in [5, 5.41) is 14.7. The third-order valence-electron chi connectivity index (χ3n) is 9.83. The van der Waals surface area contributed by atoms with Crippen molar-refractivity contribution in [3.05, 3.63) is 11.6 Å². The van der Waals surface area contributed by atoms with Gasteiger partial charge in [-0.3, -0.25) is 0 Å². The highest BCUT2D eigenvalue weighted by Gasteiger charge is 2.61. The Bertz CT molecular complexity index is 762. The molecule has 0 spiro atoms. The molecule has 0 saturated heterocycles. The Morgan fingerprint density at radius 2 is 2.03 bits per heavy atom. The second-order valence-corrected chi connectivity index (χ2v) is 11.2. The zero-order chi connectivity index (χ0) is 22.4. The number of carbonyl (C=O) groups excluding carboxylic acids is 1. The van der Waals surface area contributed by atoms with E-state index in [0.717, 1.165) is 43.2 Å². The molecule has 3 fully saturated rings. The Morgan fingerprint density at radius 1 is 1.26 bits per heavy atom. The molecule has 0 aromatic heterocycles. The van der Waals surface area contributed by atoms with E-state index in [0.29, 0.717) is 24.4 Å². The molecule has 31 heavy (non-hydrogen) atoms. The van der Waals surface area contributed by atoms with Crippen LogP contribution in [-0.4, -0.2) is 29.6 Å². The van der Waals surface area contributed by atoms with Gasteiger partial charge in [0.05, 0.1) is 12.7 Å². The normalized spacial score (nSPS) is 44.6. The summed E-state index contributed by atoms with van der Waals surface area (Å²) in [6.45, 7) is 11.6. The molecule has 174 valence electrons. The predicted molar refractivity (Wildman–Crippen MR) is 124 cm³/mol. The quantitative estimate of drug-likeness (QED) is 0.342. The predicted octanol–water partition coefficient (Wildman–Crippen LogP) is 5.68. The van der Waals surface area contributed by atoms with E-state index >= 15 is 0 Å². The monoisotopic (exact) mass is 430 g/mol. The van der Waals surface area contributed by atoms with Gasteiger partial charge < -0.3 is 9.84 Å². The summed E-state index contributed by atoms with van der Waals surface area (Å²) in [6, 6.07) is 0. The van der Waals surface area contributed by atoms with Gasteiger partial charge in [-0.05, 0) is 93.3 Å². The average molecular weight is 431 g/mol. The molecule has 0 heterocycles. The van der Waals surface area contributed by atoms with Crippen LogP contribution < -0.4 is 5.43 Å². The van der Waals surface area contributed by atoms with Crippen molar-refractivity contribution in [2.45, 2.75) is 92.1 Å². The van der Waals surface area contributed by atoms with Crippen molar-refractivity contribution in [3.8, 4) is 0 Å². The fourth-order valence-electron chi connectivity index (χ4n) is 8.41. The topological polar surface area (TPSA) is 70.9 Å². The van der Waals surface area contributed by atoms with E-state index in [9.17, 15) is 9.90 Å². The minimum absolute atomic E-state index is 0.143. The van der Waals surface area contributed by atoms with Crippen molar-refractivity contribution < 1.29 is 14.6 Å². The van der Waals surface area contributed by atoms with Crippen LogP contribution in [0.4, 0.5) is 4.79 Å².